The molecule has 1 N–H and O–H groups in total. The Bertz CT molecular complexity index is 810. The van der Waals surface area contributed by atoms with E-state index in [9.17, 15) is 4.79 Å². The summed E-state index contributed by atoms with van der Waals surface area (Å²) in [7, 11) is 0. The summed E-state index contributed by atoms with van der Waals surface area (Å²) in [6.07, 6.45) is 4.37. The van der Waals surface area contributed by atoms with E-state index in [1.807, 2.05) is 43.6 Å². The first-order valence-electron chi connectivity index (χ1n) is 8.11. The molecule has 0 saturated heterocycles. The van der Waals surface area contributed by atoms with Crippen LogP contribution < -0.4 is 10.1 Å². The van der Waals surface area contributed by atoms with Gasteiger partial charge in [-0.3, -0.25) is 4.79 Å². The van der Waals surface area contributed by atoms with Crippen LogP contribution in [-0.2, 0) is 6.42 Å². The molecule has 0 aliphatic rings. The first-order valence-corrected chi connectivity index (χ1v) is 8.99. The molecule has 1 aromatic carbocycles. The molecule has 0 aliphatic heterocycles. The number of aromatic nitrogens is 3. The highest BCUT2D eigenvalue weighted by atomic mass is 32.1. The van der Waals surface area contributed by atoms with Gasteiger partial charge in [-0.25, -0.2) is 9.67 Å². The number of nitrogens with one attached hydrogen (secondary N) is 1. The standard InChI is InChI=1S/C18H20N4O2S/c1-13(2)24-16-6-4-14(5-7-16)17(23)19-10-8-15-12-25-18(21-15)22-11-3-9-20-22/h3-7,9,11-13H,8,10H2,1-2H3,(H,19,23). The second-order valence-corrected chi connectivity index (χ2v) is 6.61. The maximum atomic E-state index is 12.2. The first kappa shape index (κ1) is 17.2. The van der Waals surface area contributed by atoms with Gasteiger partial charge in [0, 0.05) is 36.3 Å². The molecule has 3 aromatic rings. The van der Waals surface area contributed by atoms with Gasteiger partial charge in [-0.1, -0.05) is 0 Å². The Labute approximate surface area is 150 Å². The van der Waals surface area contributed by atoms with Crippen LogP contribution in [0.4, 0.5) is 0 Å². The Morgan fingerprint density at radius 1 is 1.32 bits per heavy atom. The highest BCUT2D eigenvalue weighted by Gasteiger charge is 2.08. The van der Waals surface area contributed by atoms with Crippen LogP contribution in [-0.4, -0.2) is 33.3 Å². The van der Waals surface area contributed by atoms with Gasteiger partial charge in [-0.15, -0.1) is 11.3 Å². The summed E-state index contributed by atoms with van der Waals surface area (Å²) < 4.78 is 7.30. The normalized spacial score (nSPS) is 10.8. The highest BCUT2D eigenvalue weighted by molar-refractivity contribution is 7.12. The van der Waals surface area contributed by atoms with Crippen LogP contribution in [0.2, 0.25) is 0 Å². The Balaban J connectivity index is 1.49. The summed E-state index contributed by atoms with van der Waals surface area (Å²) in [4.78, 5) is 16.7. The van der Waals surface area contributed by atoms with E-state index in [2.05, 4.69) is 15.4 Å². The Kier molecular flexibility index (Phi) is 5.45. The topological polar surface area (TPSA) is 69.0 Å². The predicted molar refractivity (Wildman–Crippen MR) is 97.5 cm³/mol. The minimum Gasteiger partial charge on any atom is -0.491 e. The molecule has 0 saturated carbocycles. The van der Waals surface area contributed by atoms with Gasteiger partial charge in [-0.2, -0.15) is 5.10 Å². The zero-order valence-electron chi connectivity index (χ0n) is 14.2. The predicted octanol–water partition coefficient (Wildman–Crippen LogP) is 3.09. The van der Waals surface area contributed by atoms with Crippen molar-refractivity contribution in [1.29, 1.82) is 0 Å². The lowest BCUT2D eigenvalue weighted by atomic mass is 10.2. The summed E-state index contributed by atoms with van der Waals surface area (Å²) in [5.41, 5.74) is 1.56. The van der Waals surface area contributed by atoms with Gasteiger partial charge in [0.2, 0.25) is 5.13 Å². The molecule has 2 heterocycles. The van der Waals surface area contributed by atoms with Crippen LogP contribution in [0.1, 0.15) is 29.9 Å². The van der Waals surface area contributed by atoms with E-state index in [-0.39, 0.29) is 12.0 Å². The number of ether oxygens (including phenoxy) is 1. The fourth-order valence-electron chi connectivity index (χ4n) is 2.26. The van der Waals surface area contributed by atoms with Gasteiger partial charge >= 0.3 is 0 Å². The van der Waals surface area contributed by atoms with Crippen molar-refractivity contribution in [2.75, 3.05) is 6.54 Å². The molecule has 0 spiro atoms. The molecule has 3 rings (SSSR count). The number of hydrogen-bond donors (Lipinski definition) is 1. The van der Waals surface area contributed by atoms with Crippen molar-refractivity contribution >= 4 is 17.2 Å². The third-order valence-electron chi connectivity index (χ3n) is 3.40. The molecule has 6 nitrogen and oxygen atoms in total. The molecule has 2 aromatic heterocycles. The summed E-state index contributed by atoms with van der Waals surface area (Å²) in [5, 5.41) is 9.88. The summed E-state index contributed by atoms with van der Waals surface area (Å²) in [5.74, 6) is 0.666. The van der Waals surface area contributed by atoms with E-state index < -0.39 is 0 Å². The molecule has 0 unspecified atom stereocenters. The average molecular weight is 356 g/mol. The zero-order valence-corrected chi connectivity index (χ0v) is 15.0. The monoisotopic (exact) mass is 356 g/mol. The van der Waals surface area contributed by atoms with Gasteiger partial charge in [0.15, 0.2) is 0 Å². The Morgan fingerprint density at radius 2 is 2.12 bits per heavy atom. The van der Waals surface area contributed by atoms with Crippen LogP contribution in [0.5, 0.6) is 5.75 Å². The molecule has 7 heteroatoms. The first-order chi connectivity index (χ1) is 12.1. The van der Waals surface area contributed by atoms with Crippen LogP contribution >= 0.6 is 11.3 Å². The van der Waals surface area contributed by atoms with Crippen molar-refractivity contribution in [3.05, 3.63) is 59.4 Å². The fraction of sp³-hybridized carbons (Fsp3) is 0.278. The van der Waals surface area contributed by atoms with Crippen LogP contribution in [0.25, 0.3) is 5.13 Å². The number of benzene rings is 1. The van der Waals surface area contributed by atoms with Crippen molar-refractivity contribution in [2.24, 2.45) is 0 Å². The van der Waals surface area contributed by atoms with Gasteiger partial charge < -0.3 is 10.1 Å². The van der Waals surface area contributed by atoms with E-state index in [1.54, 1.807) is 23.0 Å². The second-order valence-electron chi connectivity index (χ2n) is 5.77. The van der Waals surface area contributed by atoms with Crippen LogP contribution in [0, 0.1) is 0 Å². The summed E-state index contributed by atoms with van der Waals surface area (Å²) in [6, 6.07) is 9.02. The van der Waals surface area contributed by atoms with E-state index in [0.29, 0.717) is 18.5 Å². The number of amides is 1. The third kappa shape index (κ3) is 4.67. The summed E-state index contributed by atoms with van der Waals surface area (Å²) in [6.45, 7) is 4.47. The van der Waals surface area contributed by atoms with Crippen LogP contribution in [0.3, 0.4) is 0 Å². The fourth-order valence-corrected chi connectivity index (χ4v) is 3.06. The Morgan fingerprint density at radius 3 is 2.80 bits per heavy atom. The van der Waals surface area contributed by atoms with Crippen molar-refractivity contribution < 1.29 is 9.53 Å². The minimum atomic E-state index is -0.0985. The molecular formula is C18H20N4O2S. The van der Waals surface area contributed by atoms with E-state index in [4.69, 9.17) is 4.74 Å². The number of thiazole rings is 1. The largest absolute Gasteiger partial charge is 0.491 e. The molecule has 0 fully saturated rings. The lowest BCUT2D eigenvalue weighted by Gasteiger charge is -2.10. The number of carbonyl (C=O) groups excluding carboxylic acids is 1. The molecule has 25 heavy (non-hydrogen) atoms. The SMILES string of the molecule is CC(C)Oc1ccc(C(=O)NCCc2csc(-n3cccn3)n2)cc1. The average Bonchev–Trinajstić information content (AvgIpc) is 3.26. The van der Waals surface area contributed by atoms with Gasteiger partial charge in [0.1, 0.15) is 5.75 Å². The molecule has 1 amide bonds. The van der Waals surface area contributed by atoms with E-state index >= 15 is 0 Å². The van der Waals surface area contributed by atoms with Crippen molar-refractivity contribution in [1.82, 2.24) is 20.1 Å². The number of carbonyl (C=O) groups is 1. The summed E-state index contributed by atoms with van der Waals surface area (Å²) >= 11 is 1.53. The van der Waals surface area contributed by atoms with Crippen LogP contribution in [0.15, 0.2) is 48.1 Å². The maximum absolute atomic E-state index is 12.2. The van der Waals surface area contributed by atoms with Crippen molar-refractivity contribution in [3.63, 3.8) is 0 Å². The smallest absolute Gasteiger partial charge is 0.251 e. The number of nitrogens with zero attached hydrogens (tertiary/aromatic N) is 3. The minimum absolute atomic E-state index is 0.0985. The molecule has 0 radical (unpaired) electrons. The lowest BCUT2D eigenvalue weighted by molar-refractivity contribution is 0.0954. The quantitative estimate of drug-likeness (QED) is 0.706. The highest BCUT2D eigenvalue weighted by Crippen LogP contribution is 2.15. The molecule has 0 bridgehead atoms. The maximum Gasteiger partial charge on any atom is 0.251 e. The van der Waals surface area contributed by atoms with E-state index in [0.717, 1.165) is 16.6 Å². The third-order valence-corrected chi connectivity index (χ3v) is 4.27. The molecular weight excluding hydrogens is 336 g/mol. The number of hydrogen-bond acceptors (Lipinski definition) is 5. The van der Waals surface area contributed by atoms with Crippen molar-refractivity contribution in [3.8, 4) is 10.9 Å². The molecule has 130 valence electrons. The van der Waals surface area contributed by atoms with Crippen molar-refractivity contribution in [2.45, 2.75) is 26.4 Å². The lowest BCUT2D eigenvalue weighted by Crippen LogP contribution is -2.25. The number of rotatable bonds is 7. The van der Waals surface area contributed by atoms with E-state index in [1.165, 1.54) is 11.3 Å². The second kappa shape index (κ2) is 7.94. The Hall–Kier alpha value is -2.67. The van der Waals surface area contributed by atoms with Gasteiger partial charge in [0.05, 0.1) is 11.8 Å². The van der Waals surface area contributed by atoms with Gasteiger partial charge in [0.25, 0.3) is 5.91 Å². The van der Waals surface area contributed by atoms with Gasteiger partial charge in [-0.05, 0) is 44.2 Å². The molecule has 0 aliphatic carbocycles. The molecule has 0 atom stereocenters. The zero-order chi connectivity index (χ0) is 17.6.